The lowest BCUT2D eigenvalue weighted by Gasteiger charge is -2.11. The number of thioether (sulfide) groups is 1. The first kappa shape index (κ1) is 25.2. The van der Waals surface area contributed by atoms with E-state index in [1.807, 2.05) is 25.1 Å². The molecule has 0 radical (unpaired) electrons. The second-order valence-corrected chi connectivity index (χ2v) is 7.23. The minimum absolute atomic E-state index is 0. The minimum Gasteiger partial charge on any atom is -0.357 e. The molecule has 8 heteroatoms. The molecule has 2 aromatic rings. The molecule has 0 fully saturated rings. The van der Waals surface area contributed by atoms with E-state index < -0.39 is 0 Å². The Morgan fingerprint density at radius 1 is 1.14 bits per heavy atom. The van der Waals surface area contributed by atoms with Crippen LogP contribution in [0.25, 0.3) is 0 Å². The van der Waals surface area contributed by atoms with Crippen LogP contribution in [0.15, 0.2) is 58.4 Å². The lowest BCUT2D eigenvalue weighted by molar-refractivity contribution is 0.0963. The van der Waals surface area contributed by atoms with E-state index in [2.05, 4.69) is 20.9 Å². The van der Waals surface area contributed by atoms with E-state index in [0.29, 0.717) is 12.1 Å². The molecule has 29 heavy (non-hydrogen) atoms. The van der Waals surface area contributed by atoms with Crippen LogP contribution in [0.3, 0.4) is 0 Å². The van der Waals surface area contributed by atoms with Crippen LogP contribution >= 0.6 is 35.7 Å². The average Bonchev–Trinajstić information content (AvgIpc) is 2.72. The number of halogens is 2. The maximum atomic E-state index is 12.9. The molecule has 158 valence electrons. The predicted octanol–water partition coefficient (Wildman–Crippen LogP) is 4.04. The van der Waals surface area contributed by atoms with E-state index in [1.165, 1.54) is 12.1 Å². The van der Waals surface area contributed by atoms with E-state index in [-0.39, 0.29) is 35.7 Å². The largest absolute Gasteiger partial charge is 0.357 e. The summed E-state index contributed by atoms with van der Waals surface area (Å²) in [6.45, 7) is 4.07. The van der Waals surface area contributed by atoms with Crippen LogP contribution in [0, 0.1) is 5.82 Å². The highest BCUT2D eigenvalue weighted by atomic mass is 127. The molecule has 2 rings (SSSR count). The monoisotopic (exact) mass is 530 g/mol. The summed E-state index contributed by atoms with van der Waals surface area (Å²) in [6.07, 6.45) is 0.957. The molecule has 0 aliphatic heterocycles. The zero-order chi connectivity index (χ0) is 20.2. The van der Waals surface area contributed by atoms with Gasteiger partial charge in [0.25, 0.3) is 5.91 Å². The molecule has 0 unspecified atom stereocenters. The lowest BCUT2D eigenvalue weighted by Crippen LogP contribution is -2.37. The number of benzene rings is 2. The molecular formula is C21H28FIN4OS. The number of nitrogens with zero attached hydrogens (tertiary/aromatic N) is 1. The number of amides is 1. The summed E-state index contributed by atoms with van der Waals surface area (Å²) in [4.78, 5) is 17.4. The molecule has 0 aliphatic rings. The topological polar surface area (TPSA) is 65.5 Å². The molecular weight excluding hydrogens is 502 g/mol. The van der Waals surface area contributed by atoms with Crippen LogP contribution in [0.2, 0.25) is 0 Å². The Morgan fingerprint density at radius 2 is 1.90 bits per heavy atom. The molecule has 0 atom stereocenters. The third-order valence-electron chi connectivity index (χ3n) is 3.88. The normalized spacial score (nSPS) is 10.8. The summed E-state index contributed by atoms with van der Waals surface area (Å²) >= 11 is 1.71. The first-order valence-corrected chi connectivity index (χ1v) is 10.3. The van der Waals surface area contributed by atoms with Gasteiger partial charge in [0.05, 0.1) is 6.54 Å². The van der Waals surface area contributed by atoms with Crippen molar-refractivity contribution in [2.24, 2.45) is 4.99 Å². The molecule has 0 saturated carbocycles. The first-order valence-electron chi connectivity index (χ1n) is 9.34. The van der Waals surface area contributed by atoms with E-state index >= 15 is 0 Å². The van der Waals surface area contributed by atoms with Gasteiger partial charge < -0.3 is 16.0 Å². The van der Waals surface area contributed by atoms with Crippen LogP contribution < -0.4 is 16.0 Å². The third-order valence-corrected chi connectivity index (χ3v) is 4.97. The number of rotatable bonds is 9. The minimum atomic E-state index is -0.210. The quantitative estimate of drug-likeness (QED) is 0.151. The molecule has 0 aliphatic carbocycles. The van der Waals surface area contributed by atoms with Gasteiger partial charge in [-0.15, -0.1) is 35.7 Å². The Balaban J connectivity index is 0.00000420. The average molecular weight is 530 g/mol. The number of hydrogen-bond donors (Lipinski definition) is 3. The lowest BCUT2D eigenvalue weighted by atomic mass is 10.1. The summed E-state index contributed by atoms with van der Waals surface area (Å²) in [5.74, 6) is 1.37. The van der Waals surface area contributed by atoms with Gasteiger partial charge in [-0.3, -0.25) is 4.79 Å². The number of nitrogens with one attached hydrogen (secondary N) is 3. The fourth-order valence-corrected chi connectivity index (χ4v) is 3.32. The number of guanidine groups is 1. The predicted molar refractivity (Wildman–Crippen MR) is 130 cm³/mol. The van der Waals surface area contributed by atoms with E-state index in [1.54, 1.807) is 37.0 Å². The highest BCUT2D eigenvalue weighted by Crippen LogP contribution is 2.18. The first-order chi connectivity index (χ1) is 13.6. The molecule has 0 bridgehead atoms. The molecule has 0 heterocycles. The molecule has 5 nitrogen and oxygen atoms in total. The molecule has 0 aromatic heterocycles. The zero-order valence-electron chi connectivity index (χ0n) is 16.7. The molecule has 3 N–H and O–H groups in total. The number of carbonyl (C=O) groups is 1. The van der Waals surface area contributed by atoms with Crippen molar-refractivity contribution >= 4 is 47.6 Å². The summed E-state index contributed by atoms with van der Waals surface area (Å²) in [5.41, 5.74) is 1.61. The van der Waals surface area contributed by atoms with Gasteiger partial charge in [-0.1, -0.05) is 12.1 Å². The van der Waals surface area contributed by atoms with Crippen LogP contribution in [-0.4, -0.2) is 37.8 Å². The highest BCUT2D eigenvalue weighted by Gasteiger charge is 2.04. The van der Waals surface area contributed by atoms with Crippen molar-refractivity contribution in [2.75, 3.05) is 25.9 Å². The van der Waals surface area contributed by atoms with Crippen LogP contribution in [-0.2, 0) is 6.54 Å². The summed E-state index contributed by atoms with van der Waals surface area (Å²) in [6, 6.07) is 14.0. The van der Waals surface area contributed by atoms with Crippen molar-refractivity contribution in [1.29, 1.82) is 0 Å². The summed E-state index contributed by atoms with van der Waals surface area (Å²) < 4.78 is 12.9. The van der Waals surface area contributed by atoms with Gasteiger partial charge in [0.1, 0.15) is 5.82 Å². The van der Waals surface area contributed by atoms with Crippen LogP contribution in [0.1, 0.15) is 29.3 Å². The van der Waals surface area contributed by atoms with Gasteiger partial charge in [0.2, 0.25) is 0 Å². The second kappa shape index (κ2) is 14.2. The van der Waals surface area contributed by atoms with Gasteiger partial charge in [0.15, 0.2) is 5.96 Å². The standard InChI is InChI=1S/C21H27FN4OS.HI/c1-3-24-21(25-12-5-13-28-19-10-8-18(22)9-11-19)26-15-16-6-4-7-17(14-16)20(27)23-2;/h4,6-11,14H,3,5,12-13,15H2,1-2H3,(H,23,27)(H2,24,25,26);1H. The maximum absolute atomic E-state index is 12.9. The number of aliphatic imine (C=N–C) groups is 1. The number of hydrogen-bond acceptors (Lipinski definition) is 3. The Kier molecular flexibility index (Phi) is 12.4. The Bertz CT molecular complexity index is 787. The SMILES string of the molecule is CCNC(=NCc1cccc(C(=O)NC)c1)NCCCSc1ccc(F)cc1.I. The van der Waals surface area contributed by atoms with Gasteiger partial charge in [-0.2, -0.15) is 0 Å². The van der Waals surface area contributed by atoms with Crippen molar-refractivity contribution in [2.45, 2.75) is 24.8 Å². The smallest absolute Gasteiger partial charge is 0.251 e. The fourth-order valence-electron chi connectivity index (χ4n) is 2.47. The third kappa shape index (κ3) is 9.49. The van der Waals surface area contributed by atoms with Gasteiger partial charge in [-0.25, -0.2) is 9.38 Å². The van der Waals surface area contributed by atoms with Gasteiger partial charge in [-0.05, 0) is 61.1 Å². The van der Waals surface area contributed by atoms with Crippen molar-refractivity contribution in [1.82, 2.24) is 16.0 Å². The van der Waals surface area contributed by atoms with Crippen molar-refractivity contribution in [3.8, 4) is 0 Å². The summed E-state index contributed by atoms with van der Waals surface area (Å²) in [7, 11) is 1.62. The second-order valence-electron chi connectivity index (χ2n) is 6.06. The van der Waals surface area contributed by atoms with Crippen molar-refractivity contribution in [3.63, 3.8) is 0 Å². The Morgan fingerprint density at radius 3 is 2.59 bits per heavy atom. The number of carbonyl (C=O) groups excluding carboxylic acids is 1. The molecule has 1 amide bonds. The Labute approximate surface area is 193 Å². The van der Waals surface area contributed by atoms with E-state index in [9.17, 15) is 9.18 Å². The van der Waals surface area contributed by atoms with Gasteiger partial charge >= 0.3 is 0 Å². The zero-order valence-corrected chi connectivity index (χ0v) is 19.9. The maximum Gasteiger partial charge on any atom is 0.251 e. The Hall–Kier alpha value is -1.81. The van der Waals surface area contributed by atoms with E-state index in [0.717, 1.165) is 41.7 Å². The van der Waals surface area contributed by atoms with Crippen LogP contribution in [0.5, 0.6) is 0 Å². The van der Waals surface area contributed by atoms with Crippen molar-refractivity contribution in [3.05, 3.63) is 65.5 Å². The molecule has 0 saturated heterocycles. The fraction of sp³-hybridized carbons (Fsp3) is 0.333. The molecule has 2 aromatic carbocycles. The van der Waals surface area contributed by atoms with Gasteiger partial charge in [0, 0.05) is 30.6 Å². The summed E-state index contributed by atoms with van der Waals surface area (Å²) in [5, 5.41) is 9.18. The van der Waals surface area contributed by atoms with E-state index in [4.69, 9.17) is 0 Å². The van der Waals surface area contributed by atoms with Crippen molar-refractivity contribution < 1.29 is 9.18 Å². The highest BCUT2D eigenvalue weighted by molar-refractivity contribution is 14.0. The molecule has 0 spiro atoms. The van der Waals surface area contributed by atoms with Crippen LogP contribution in [0.4, 0.5) is 4.39 Å².